The summed E-state index contributed by atoms with van der Waals surface area (Å²) >= 11 is 0. The summed E-state index contributed by atoms with van der Waals surface area (Å²) in [6.45, 7) is 0. The topological polar surface area (TPSA) is 72.2 Å². The van der Waals surface area contributed by atoms with E-state index in [4.69, 9.17) is 5.84 Å². The van der Waals surface area contributed by atoms with Gasteiger partial charge in [0.2, 0.25) is 0 Å². The molecule has 120 valence electrons. The van der Waals surface area contributed by atoms with Crippen LogP contribution in [0.25, 0.3) is 0 Å². The van der Waals surface area contributed by atoms with E-state index < -0.39 is 21.6 Å². The van der Waals surface area contributed by atoms with Crippen molar-refractivity contribution in [1.29, 1.82) is 0 Å². The van der Waals surface area contributed by atoms with Gasteiger partial charge in [0.05, 0.1) is 5.56 Å². The van der Waals surface area contributed by atoms with Crippen molar-refractivity contribution >= 4 is 9.84 Å². The molecule has 0 saturated carbocycles. The molecule has 0 bridgehead atoms. The summed E-state index contributed by atoms with van der Waals surface area (Å²) in [5, 5.41) is 0. The van der Waals surface area contributed by atoms with E-state index >= 15 is 0 Å². The quantitative estimate of drug-likeness (QED) is 0.593. The summed E-state index contributed by atoms with van der Waals surface area (Å²) in [4.78, 5) is 0. The number of nitrogens with two attached hydrogens (primary N) is 1. The fourth-order valence-corrected chi connectivity index (χ4v) is 2.69. The van der Waals surface area contributed by atoms with Gasteiger partial charge in [-0.15, -0.1) is 0 Å². The summed E-state index contributed by atoms with van der Waals surface area (Å²) in [6, 6.07) is 4.77. The molecule has 0 aliphatic rings. The van der Waals surface area contributed by atoms with Gasteiger partial charge in [0.15, 0.2) is 0 Å². The Bertz CT molecular complexity index is 559. The van der Waals surface area contributed by atoms with E-state index in [1.807, 2.05) is 0 Å². The van der Waals surface area contributed by atoms with Crippen LogP contribution in [0, 0.1) is 0 Å². The number of nitrogens with one attached hydrogen (secondary N) is 1. The van der Waals surface area contributed by atoms with Crippen molar-refractivity contribution in [2.24, 2.45) is 5.84 Å². The van der Waals surface area contributed by atoms with Gasteiger partial charge in [-0.2, -0.15) is 13.2 Å². The second-order valence-electron chi connectivity index (χ2n) is 5.04. The summed E-state index contributed by atoms with van der Waals surface area (Å²) in [7, 11) is -3.04. The lowest BCUT2D eigenvalue weighted by Crippen LogP contribution is -2.37. The van der Waals surface area contributed by atoms with Crippen LogP contribution < -0.4 is 11.3 Å². The highest BCUT2D eigenvalue weighted by atomic mass is 32.2. The first-order valence-electron chi connectivity index (χ1n) is 6.42. The SMILES string of the molecule is CS(=O)(=O)CCCC(Cc1cccc(C(F)(F)F)c1)NN. The minimum absolute atomic E-state index is 0.0355. The van der Waals surface area contributed by atoms with Crippen molar-refractivity contribution in [3.63, 3.8) is 0 Å². The highest BCUT2D eigenvalue weighted by molar-refractivity contribution is 7.90. The van der Waals surface area contributed by atoms with Crippen molar-refractivity contribution in [3.8, 4) is 0 Å². The number of alkyl halides is 3. The molecule has 0 aliphatic carbocycles. The Morgan fingerprint density at radius 1 is 1.33 bits per heavy atom. The minimum atomic E-state index is -4.38. The second-order valence-corrected chi connectivity index (χ2v) is 7.30. The molecule has 1 rings (SSSR count). The molecule has 21 heavy (non-hydrogen) atoms. The summed E-state index contributed by atoms with van der Waals surface area (Å²) in [6.07, 6.45) is -2.04. The number of hydrazine groups is 1. The highest BCUT2D eigenvalue weighted by Gasteiger charge is 2.30. The summed E-state index contributed by atoms with van der Waals surface area (Å²) in [5.41, 5.74) is 2.32. The van der Waals surface area contributed by atoms with Crippen LogP contribution in [0.3, 0.4) is 0 Å². The number of sulfone groups is 1. The molecule has 1 unspecified atom stereocenters. The Balaban J connectivity index is 2.65. The predicted octanol–water partition coefficient (Wildman–Crippen LogP) is 1.90. The van der Waals surface area contributed by atoms with Gasteiger partial charge in [-0.25, -0.2) is 8.42 Å². The number of halogens is 3. The Labute approximate surface area is 122 Å². The molecular weight excluding hydrogens is 305 g/mol. The van der Waals surface area contributed by atoms with Crippen LogP contribution in [0.1, 0.15) is 24.0 Å². The third kappa shape index (κ3) is 6.92. The first-order chi connectivity index (χ1) is 9.62. The van der Waals surface area contributed by atoms with E-state index in [-0.39, 0.29) is 11.8 Å². The Morgan fingerprint density at radius 3 is 2.52 bits per heavy atom. The lowest BCUT2D eigenvalue weighted by Gasteiger charge is -2.16. The van der Waals surface area contributed by atoms with E-state index in [0.29, 0.717) is 24.8 Å². The molecule has 0 fully saturated rings. The number of hydrogen-bond acceptors (Lipinski definition) is 4. The van der Waals surface area contributed by atoms with Crippen LogP contribution in [-0.2, 0) is 22.4 Å². The van der Waals surface area contributed by atoms with E-state index in [1.165, 1.54) is 6.07 Å². The van der Waals surface area contributed by atoms with Gasteiger partial charge in [-0.1, -0.05) is 18.2 Å². The zero-order valence-corrected chi connectivity index (χ0v) is 12.5. The maximum Gasteiger partial charge on any atom is 0.416 e. The predicted molar refractivity (Wildman–Crippen MR) is 75.2 cm³/mol. The molecule has 0 saturated heterocycles. The second kappa shape index (κ2) is 7.24. The van der Waals surface area contributed by atoms with Crippen molar-refractivity contribution in [2.75, 3.05) is 12.0 Å². The third-order valence-electron chi connectivity index (χ3n) is 3.04. The molecule has 0 spiro atoms. The first kappa shape index (κ1) is 17.9. The van der Waals surface area contributed by atoms with Crippen LogP contribution in [0.15, 0.2) is 24.3 Å². The summed E-state index contributed by atoms with van der Waals surface area (Å²) < 4.78 is 59.9. The van der Waals surface area contributed by atoms with Crippen LogP contribution in [0.5, 0.6) is 0 Å². The van der Waals surface area contributed by atoms with Crippen molar-refractivity contribution in [1.82, 2.24) is 5.43 Å². The van der Waals surface area contributed by atoms with Gasteiger partial charge >= 0.3 is 6.18 Å². The molecule has 0 radical (unpaired) electrons. The van der Waals surface area contributed by atoms with Gasteiger partial charge in [0.1, 0.15) is 9.84 Å². The molecule has 0 heterocycles. The fraction of sp³-hybridized carbons (Fsp3) is 0.538. The monoisotopic (exact) mass is 324 g/mol. The van der Waals surface area contributed by atoms with E-state index in [0.717, 1.165) is 18.4 Å². The fourth-order valence-electron chi connectivity index (χ4n) is 2.00. The van der Waals surface area contributed by atoms with Crippen LogP contribution in [0.4, 0.5) is 13.2 Å². The lowest BCUT2D eigenvalue weighted by atomic mass is 10.0. The molecule has 4 nitrogen and oxygen atoms in total. The van der Waals surface area contributed by atoms with Crippen molar-refractivity contribution in [3.05, 3.63) is 35.4 Å². The van der Waals surface area contributed by atoms with Gasteiger partial charge in [0.25, 0.3) is 0 Å². The molecule has 0 aliphatic heterocycles. The molecule has 0 aromatic heterocycles. The third-order valence-corrected chi connectivity index (χ3v) is 4.07. The van der Waals surface area contributed by atoms with Crippen molar-refractivity contribution < 1.29 is 21.6 Å². The molecule has 0 amide bonds. The molecule has 3 N–H and O–H groups in total. The van der Waals surface area contributed by atoms with E-state index in [1.54, 1.807) is 6.07 Å². The molecular formula is C13H19F3N2O2S. The minimum Gasteiger partial charge on any atom is -0.271 e. The zero-order valence-electron chi connectivity index (χ0n) is 11.7. The molecule has 1 atom stereocenters. The van der Waals surface area contributed by atoms with Crippen molar-refractivity contribution in [2.45, 2.75) is 31.5 Å². The lowest BCUT2D eigenvalue weighted by molar-refractivity contribution is -0.137. The average molecular weight is 324 g/mol. The summed E-state index contributed by atoms with van der Waals surface area (Å²) in [5.74, 6) is 5.41. The molecule has 8 heteroatoms. The maximum atomic E-state index is 12.6. The smallest absolute Gasteiger partial charge is 0.271 e. The Hall–Kier alpha value is -1.12. The highest BCUT2D eigenvalue weighted by Crippen LogP contribution is 2.29. The average Bonchev–Trinajstić information content (AvgIpc) is 2.35. The van der Waals surface area contributed by atoms with Gasteiger partial charge < -0.3 is 0 Å². The normalized spacial score (nSPS) is 14.1. The van der Waals surface area contributed by atoms with Gasteiger partial charge in [-0.3, -0.25) is 11.3 Å². The van der Waals surface area contributed by atoms with Crippen LogP contribution in [-0.4, -0.2) is 26.5 Å². The molecule has 1 aromatic carbocycles. The van der Waals surface area contributed by atoms with E-state index in [2.05, 4.69) is 5.43 Å². The van der Waals surface area contributed by atoms with Gasteiger partial charge in [0, 0.05) is 18.1 Å². The Kier molecular flexibility index (Phi) is 6.18. The zero-order chi connectivity index (χ0) is 16.1. The Morgan fingerprint density at radius 2 is 2.00 bits per heavy atom. The number of benzene rings is 1. The van der Waals surface area contributed by atoms with Gasteiger partial charge in [-0.05, 0) is 30.9 Å². The maximum absolute atomic E-state index is 12.6. The van der Waals surface area contributed by atoms with Crippen LogP contribution >= 0.6 is 0 Å². The first-order valence-corrected chi connectivity index (χ1v) is 8.48. The molecule has 1 aromatic rings. The largest absolute Gasteiger partial charge is 0.416 e. The standard InChI is InChI=1S/C13H19F3N2O2S/c1-21(19,20)7-3-6-12(18-17)9-10-4-2-5-11(8-10)13(14,15)16/h2,4-5,8,12,18H,3,6-7,9,17H2,1H3. The number of rotatable bonds is 7. The number of hydrogen-bond donors (Lipinski definition) is 2. The van der Waals surface area contributed by atoms with E-state index in [9.17, 15) is 21.6 Å². The van der Waals surface area contributed by atoms with Crippen LogP contribution in [0.2, 0.25) is 0 Å².